The lowest BCUT2D eigenvalue weighted by atomic mass is 9.82. The van der Waals surface area contributed by atoms with E-state index in [4.69, 9.17) is 4.74 Å². The molecule has 0 unspecified atom stereocenters. The number of hydrogen-bond donors (Lipinski definition) is 0. The van der Waals surface area contributed by atoms with Gasteiger partial charge < -0.3 is 4.74 Å². The van der Waals surface area contributed by atoms with Gasteiger partial charge in [0.05, 0.1) is 0 Å². The SMILES string of the molecule is IC#CO[C@@H]1CCCC[C@H]1c1ccccc1. The van der Waals surface area contributed by atoms with Crippen LogP contribution in [0.5, 0.6) is 0 Å². The van der Waals surface area contributed by atoms with Gasteiger partial charge in [-0.1, -0.05) is 36.8 Å². The molecule has 0 bridgehead atoms. The van der Waals surface area contributed by atoms with Crippen molar-refractivity contribution in [3.8, 4) is 10.0 Å². The number of hydrogen-bond acceptors (Lipinski definition) is 1. The molecule has 1 aliphatic carbocycles. The molecule has 0 N–H and O–H groups in total. The van der Waals surface area contributed by atoms with Gasteiger partial charge in [-0.25, -0.2) is 0 Å². The van der Waals surface area contributed by atoms with Crippen LogP contribution in [0.2, 0.25) is 0 Å². The van der Waals surface area contributed by atoms with E-state index in [-0.39, 0.29) is 6.10 Å². The second-order valence-electron chi connectivity index (χ2n) is 4.15. The van der Waals surface area contributed by atoms with Crippen LogP contribution in [0.1, 0.15) is 37.2 Å². The van der Waals surface area contributed by atoms with E-state index in [0.29, 0.717) is 5.92 Å². The molecule has 0 spiro atoms. The molecule has 1 aliphatic rings. The third-order valence-electron chi connectivity index (χ3n) is 3.18. The number of benzene rings is 1. The fourth-order valence-corrected chi connectivity index (χ4v) is 2.54. The normalized spacial score (nSPS) is 24.3. The monoisotopic (exact) mass is 326 g/mol. The van der Waals surface area contributed by atoms with E-state index >= 15 is 0 Å². The fraction of sp³-hybridized carbons (Fsp3) is 0.429. The van der Waals surface area contributed by atoms with E-state index < -0.39 is 0 Å². The highest BCUT2D eigenvalue weighted by Crippen LogP contribution is 2.34. The van der Waals surface area contributed by atoms with E-state index in [1.807, 2.05) is 22.6 Å². The Morgan fingerprint density at radius 3 is 2.62 bits per heavy atom. The van der Waals surface area contributed by atoms with Crippen molar-refractivity contribution < 1.29 is 4.74 Å². The quantitative estimate of drug-likeness (QED) is 0.588. The van der Waals surface area contributed by atoms with E-state index in [9.17, 15) is 0 Å². The van der Waals surface area contributed by atoms with Gasteiger partial charge in [0.25, 0.3) is 0 Å². The average molecular weight is 326 g/mol. The van der Waals surface area contributed by atoms with Crippen molar-refractivity contribution in [1.82, 2.24) is 0 Å². The molecule has 0 aliphatic heterocycles. The second-order valence-corrected chi connectivity index (χ2v) is 4.69. The molecule has 84 valence electrons. The molecule has 0 saturated heterocycles. The Hall–Kier alpha value is -0.690. The molecule has 2 rings (SSSR count). The summed E-state index contributed by atoms with van der Waals surface area (Å²) in [4.78, 5) is 0. The first-order valence-corrected chi connectivity index (χ1v) is 6.81. The fourth-order valence-electron chi connectivity index (χ4n) is 2.42. The molecule has 1 saturated carbocycles. The van der Waals surface area contributed by atoms with Gasteiger partial charge in [0.2, 0.25) is 0 Å². The lowest BCUT2D eigenvalue weighted by Gasteiger charge is -2.29. The maximum absolute atomic E-state index is 5.63. The molecule has 1 aromatic rings. The molecule has 2 atom stereocenters. The zero-order chi connectivity index (χ0) is 11.2. The van der Waals surface area contributed by atoms with Crippen molar-refractivity contribution >= 4 is 22.6 Å². The largest absolute Gasteiger partial charge is 0.442 e. The number of rotatable bonds is 2. The van der Waals surface area contributed by atoms with Crippen molar-refractivity contribution in [3.63, 3.8) is 0 Å². The Kier molecular flexibility index (Phi) is 4.53. The first-order valence-electron chi connectivity index (χ1n) is 5.73. The van der Waals surface area contributed by atoms with E-state index in [2.05, 4.69) is 40.4 Å². The van der Waals surface area contributed by atoms with Gasteiger partial charge in [0.1, 0.15) is 12.2 Å². The molecule has 0 heterocycles. The van der Waals surface area contributed by atoms with Gasteiger partial charge in [-0.05, 0) is 24.8 Å². The predicted molar refractivity (Wildman–Crippen MR) is 74.3 cm³/mol. The second kappa shape index (κ2) is 6.15. The summed E-state index contributed by atoms with van der Waals surface area (Å²) in [5, 5.41) is 0. The predicted octanol–water partition coefficient (Wildman–Crippen LogP) is 4.08. The first kappa shape index (κ1) is 11.8. The summed E-state index contributed by atoms with van der Waals surface area (Å²) in [7, 11) is 0. The highest BCUT2D eigenvalue weighted by molar-refractivity contribution is 14.1. The van der Waals surface area contributed by atoms with Crippen LogP contribution in [0, 0.1) is 10.0 Å². The van der Waals surface area contributed by atoms with Crippen molar-refractivity contribution in [3.05, 3.63) is 35.9 Å². The Labute approximate surface area is 111 Å². The summed E-state index contributed by atoms with van der Waals surface area (Å²) >= 11 is 2.02. The van der Waals surface area contributed by atoms with Crippen molar-refractivity contribution in [1.29, 1.82) is 0 Å². The highest BCUT2D eigenvalue weighted by atomic mass is 127. The lowest BCUT2D eigenvalue weighted by molar-refractivity contribution is 0.102. The van der Waals surface area contributed by atoms with Crippen molar-refractivity contribution in [2.45, 2.75) is 37.7 Å². The molecule has 1 fully saturated rings. The van der Waals surface area contributed by atoms with Gasteiger partial charge in [0, 0.05) is 32.4 Å². The van der Waals surface area contributed by atoms with Crippen LogP contribution in [0.25, 0.3) is 0 Å². The Balaban J connectivity index is 2.12. The van der Waals surface area contributed by atoms with Gasteiger partial charge in [-0.2, -0.15) is 0 Å². The summed E-state index contributed by atoms with van der Waals surface area (Å²) in [5.74, 6) is 0.521. The molecule has 2 heteroatoms. The number of halogens is 1. The Bertz CT molecular complexity index is 377. The van der Waals surface area contributed by atoms with Crippen molar-refractivity contribution in [2.75, 3.05) is 0 Å². The topological polar surface area (TPSA) is 9.23 Å². The Morgan fingerprint density at radius 2 is 1.88 bits per heavy atom. The van der Waals surface area contributed by atoms with E-state index in [1.54, 1.807) is 0 Å². The van der Waals surface area contributed by atoms with Crippen LogP contribution in [-0.4, -0.2) is 6.10 Å². The number of ether oxygens (including phenoxy) is 1. The van der Waals surface area contributed by atoms with Crippen LogP contribution in [0.4, 0.5) is 0 Å². The maximum Gasteiger partial charge on any atom is 0.122 e. The zero-order valence-corrected chi connectivity index (χ0v) is 11.3. The Morgan fingerprint density at radius 1 is 1.12 bits per heavy atom. The summed E-state index contributed by atoms with van der Waals surface area (Å²) in [6, 6.07) is 10.7. The van der Waals surface area contributed by atoms with Crippen LogP contribution in [-0.2, 0) is 4.74 Å². The smallest absolute Gasteiger partial charge is 0.122 e. The lowest BCUT2D eigenvalue weighted by Crippen LogP contribution is -2.24. The third-order valence-corrected chi connectivity index (χ3v) is 3.40. The average Bonchev–Trinajstić information content (AvgIpc) is 2.38. The molecule has 0 aromatic heterocycles. The van der Waals surface area contributed by atoms with Crippen molar-refractivity contribution in [2.24, 2.45) is 0 Å². The van der Waals surface area contributed by atoms with Gasteiger partial charge in [-0.15, -0.1) is 0 Å². The van der Waals surface area contributed by atoms with Crippen LogP contribution >= 0.6 is 22.6 Å². The minimum atomic E-state index is 0.276. The van der Waals surface area contributed by atoms with Gasteiger partial charge in [-0.3, -0.25) is 0 Å². The third kappa shape index (κ3) is 2.91. The molecule has 0 amide bonds. The van der Waals surface area contributed by atoms with Crippen LogP contribution < -0.4 is 0 Å². The zero-order valence-electron chi connectivity index (χ0n) is 9.16. The minimum Gasteiger partial charge on any atom is -0.442 e. The maximum atomic E-state index is 5.63. The van der Waals surface area contributed by atoms with Crippen LogP contribution in [0.15, 0.2) is 30.3 Å². The molecule has 16 heavy (non-hydrogen) atoms. The first-order chi connectivity index (χ1) is 7.92. The summed E-state index contributed by atoms with van der Waals surface area (Å²) < 4.78 is 8.42. The van der Waals surface area contributed by atoms with Gasteiger partial charge in [0.15, 0.2) is 0 Å². The summed E-state index contributed by atoms with van der Waals surface area (Å²) in [6.07, 6.45) is 7.94. The molecule has 0 radical (unpaired) electrons. The molecule has 1 aromatic carbocycles. The highest BCUT2D eigenvalue weighted by Gasteiger charge is 2.27. The molecular weight excluding hydrogens is 311 g/mol. The molecule has 1 nitrogen and oxygen atoms in total. The summed E-state index contributed by atoms with van der Waals surface area (Å²) in [5.41, 5.74) is 1.39. The van der Waals surface area contributed by atoms with E-state index in [0.717, 1.165) is 6.42 Å². The standard InChI is InChI=1S/C14H15IO/c15-10-11-16-14-9-5-4-8-13(14)12-6-2-1-3-7-12/h1-3,6-7,13-14H,4-5,8-9H2/t13-,14+/m0/s1. The summed E-state index contributed by atoms with van der Waals surface area (Å²) in [6.45, 7) is 0. The van der Waals surface area contributed by atoms with Gasteiger partial charge >= 0.3 is 0 Å². The minimum absolute atomic E-state index is 0.276. The molecular formula is C14H15IO. The van der Waals surface area contributed by atoms with Crippen LogP contribution in [0.3, 0.4) is 0 Å². The van der Waals surface area contributed by atoms with E-state index in [1.165, 1.54) is 24.8 Å².